The highest BCUT2D eigenvalue weighted by Crippen LogP contribution is 2.20. The quantitative estimate of drug-likeness (QED) is 0.461. The molecule has 0 saturated heterocycles. The number of aryl methyl sites for hydroxylation is 2. The summed E-state index contributed by atoms with van der Waals surface area (Å²) < 4.78 is 3.62. The molecule has 0 spiro atoms. The molecule has 1 N–H and O–H groups in total. The van der Waals surface area contributed by atoms with E-state index in [1.807, 2.05) is 43.1 Å². The lowest BCUT2D eigenvalue weighted by molar-refractivity contribution is -0.674. The van der Waals surface area contributed by atoms with Crippen LogP contribution in [0.2, 0.25) is 0 Å². The lowest BCUT2D eigenvalue weighted by Gasteiger charge is -2.06. The monoisotopic (exact) mass is 330 g/mol. The van der Waals surface area contributed by atoms with Crippen molar-refractivity contribution in [1.29, 1.82) is 0 Å². The molecule has 4 rings (SSSR count). The highest BCUT2D eigenvalue weighted by Gasteiger charge is 2.06. The summed E-state index contributed by atoms with van der Waals surface area (Å²) in [6, 6.07) is 12.4. The summed E-state index contributed by atoms with van der Waals surface area (Å²) >= 11 is 0. The Hall–Kier alpha value is -3.28. The van der Waals surface area contributed by atoms with Crippen LogP contribution in [0, 0.1) is 13.3 Å². The SMILES string of the molecule is Cc1cc(-c2cccc(Cc3ccnc(-n4[c-][n+](C)cc4)n3)c2)n[nH]1. The van der Waals surface area contributed by atoms with Crippen molar-refractivity contribution < 1.29 is 4.57 Å². The fourth-order valence-electron chi connectivity index (χ4n) is 2.73. The first-order valence-electron chi connectivity index (χ1n) is 8.07. The number of aromatic nitrogens is 6. The Morgan fingerprint density at radius 2 is 2.16 bits per heavy atom. The molecule has 0 aliphatic heterocycles. The van der Waals surface area contributed by atoms with Crippen molar-refractivity contribution in [3.8, 4) is 17.2 Å². The molecule has 4 aromatic rings. The van der Waals surface area contributed by atoms with Gasteiger partial charge in [0.2, 0.25) is 12.3 Å². The molecule has 25 heavy (non-hydrogen) atoms. The predicted molar refractivity (Wildman–Crippen MR) is 92.9 cm³/mol. The van der Waals surface area contributed by atoms with Gasteiger partial charge in [0.1, 0.15) is 0 Å². The van der Waals surface area contributed by atoms with Gasteiger partial charge in [-0.3, -0.25) is 9.67 Å². The molecule has 0 amide bonds. The van der Waals surface area contributed by atoms with Gasteiger partial charge in [0.25, 0.3) is 0 Å². The maximum absolute atomic E-state index is 4.64. The molecule has 3 aromatic heterocycles. The molecule has 0 aliphatic rings. The van der Waals surface area contributed by atoms with Crippen LogP contribution in [0.5, 0.6) is 0 Å². The van der Waals surface area contributed by atoms with Gasteiger partial charge >= 0.3 is 0 Å². The summed E-state index contributed by atoms with van der Waals surface area (Å²) in [4.78, 5) is 8.97. The lowest BCUT2D eigenvalue weighted by Crippen LogP contribution is -2.24. The Bertz CT molecular complexity index is 932. The minimum atomic E-state index is 0.622. The zero-order chi connectivity index (χ0) is 17.2. The topological polar surface area (TPSA) is 63.3 Å². The van der Waals surface area contributed by atoms with E-state index in [0.29, 0.717) is 5.95 Å². The number of nitrogens with zero attached hydrogens (tertiary/aromatic N) is 5. The highest BCUT2D eigenvalue weighted by atomic mass is 15.2. The van der Waals surface area contributed by atoms with Gasteiger partial charge in [-0.05, 0) is 30.7 Å². The Kier molecular flexibility index (Phi) is 3.85. The van der Waals surface area contributed by atoms with E-state index in [1.54, 1.807) is 10.8 Å². The maximum atomic E-state index is 4.64. The first kappa shape index (κ1) is 15.3. The van der Waals surface area contributed by atoms with Crippen molar-refractivity contribution in [3.63, 3.8) is 0 Å². The molecule has 0 bridgehead atoms. The average Bonchev–Trinajstić information content (AvgIpc) is 3.24. The van der Waals surface area contributed by atoms with Crippen molar-refractivity contribution in [3.05, 3.63) is 78.3 Å². The Morgan fingerprint density at radius 1 is 1.24 bits per heavy atom. The minimum absolute atomic E-state index is 0.622. The van der Waals surface area contributed by atoms with E-state index in [4.69, 9.17) is 0 Å². The average molecular weight is 330 g/mol. The van der Waals surface area contributed by atoms with Crippen LogP contribution in [0.4, 0.5) is 0 Å². The van der Waals surface area contributed by atoms with Crippen LogP contribution in [-0.2, 0) is 13.5 Å². The summed E-state index contributed by atoms with van der Waals surface area (Å²) in [5.74, 6) is 0.622. The number of benzene rings is 1. The van der Waals surface area contributed by atoms with E-state index in [-0.39, 0.29) is 0 Å². The van der Waals surface area contributed by atoms with Crippen LogP contribution in [0.1, 0.15) is 17.0 Å². The molecule has 0 aliphatic carbocycles. The molecule has 6 nitrogen and oxygen atoms in total. The number of hydrogen-bond donors (Lipinski definition) is 1. The zero-order valence-corrected chi connectivity index (χ0v) is 14.1. The molecule has 0 atom stereocenters. The summed E-state index contributed by atoms with van der Waals surface area (Å²) in [5.41, 5.74) is 5.26. The number of hydrogen-bond acceptors (Lipinski definition) is 3. The first-order chi connectivity index (χ1) is 12.2. The van der Waals surface area contributed by atoms with Gasteiger partial charge in [-0.25, -0.2) is 9.97 Å². The molecule has 0 unspecified atom stereocenters. The van der Waals surface area contributed by atoms with Gasteiger partial charge in [-0.15, -0.1) is 0 Å². The molecule has 0 radical (unpaired) electrons. The van der Waals surface area contributed by atoms with Gasteiger partial charge in [0.05, 0.1) is 12.7 Å². The van der Waals surface area contributed by atoms with E-state index < -0.39 is 0 Å². The Morgan fingerprint density at radius 3 is 2.92 bits per heavy atom. The smallest absolute Gasteiger partial charge is 0.245 e. The second-order valence-electron chi connectivity index (χ2n) is 6.04. The van der Waals surface area contributed by atoms with Crippen molar-refractivity contribution in [2.75, 3.05) is 0 Å². The summed E-state index contributed by atoms with van der Waals surface area (Å²) in [6.45, 7) is 2.00. The van der Waals surface area contributed by atoms with Crippen molar-refractivity contribution in [2.45, 2.75) is 13.3 Å². The Labute approximate surface area is 145 Å². The largest absolute Gasteiger partial charge is 0.323 e. The summed E-state index contributed by atoms with van der Waals surface area (Å²) in [6.07, 6.45) is 9.43. The molecule has 124 valence electrons. The molecular weight excluding hydrogens is 312 g/mol. The second kappa shape index (κ2) is 6.32. The zero-order valence-electron chi connectivity index (χ0n) is 14.1. The lowest BCUT2D eigenvalue weighted by atomic mass is 10.0. The third kappa shape index (κ3) is 3.33. The van der Waals surface area contributed by atoms with Crippen LogP contribution >= 0.6 is 0 Å². The first-order valence-corrected chi connectivity index (χ1v) is 8.07. The van der Waals surface area contributed by atoms with Crippen LogP contribution in [0.15, 0.2) is 55.0 Å². The van der Waals surface area contributed by atoms with E-state index in [9.17, 15) is 0 Å². The highest BCUT2D eigenvalue weighted by molar-refractivity contribution is 5.60. The summed E-state index contributed by atoms with van der Waals surface area (Å²) in [5, 5.41) is 7.31. The number of aromatic amines is 1. The van der Waals surface area contributed by atoms with Crippen LogP contribution < -0.4 is 4.57 Å². The predicted octanol–water partition coefficient (Wildman–Crippen LogP) is 2.18. The third-order valence-corrected chi connectivity index (χ3v) is 3.93. The van der Waals surface area contributed by atoms with E-state index >= 15 is 0 Å². The van der Waals surface area contributed by atoms with Crippen LogP contribution in [0.25, 0.3) is 17.2 Å². The van der Waals surface area contributed by atoms with E-state index in [1.165, 1.54) is 5.56 Å². The fraction of sp³-hybridized carbons (Fsp3) is 0.158. The second-order valence-corrected chi connectivity index (χ2v) is 6.04. The van der Waals surface area contributed by atoms with Gasteiger partial charge in [0.15, 0.2) is 0 Å². The van der Waals surface area contributed by atoms with Gasteiger partial charge in [-0.1, -0.05) is 18.2 Å². The molecule has 0 fully saturated rings. The molecule has 0 saturated carbocycles. The fourth-order valence-corrected chi connectivity index (χ4v) is 2.73. The minimum Gasteiger partial charge on any atom is -0.323 e. The van der Waals surface area contributed by atoms with Gasteiger partial charge < -0.3 is 4.57 Å². The number of imidazole rings is 1. The van der Waals surface area contributed by atoms with Gasteiger partial charge in [-0.2, -0.15) is 5.10 Å². The number of H-pyrrole nitrogens is 1. The van der Waals surface area contributed by atoms with Crippen molar-refractivity contribution in [1.82, 2.24) is 24.7 Å². The standard InChI is InChI=1S/C19H18N6/c1-14-10-18(23-22-14)16-5-3-4-15(11-16)12-17-6-7-20-19(21-17)25-9-8-24(2)13-25/h3-11H,12H2,1-2H3,(H,22,23). The molecule has 3 heterocycles. The number of nitrogens with one attached hydrogen (secondary N) is 1. The van der Waals surface area contributed by atoms with Gasteiger partial charge in [0, 0.05) is 42.0 Å². The van der Waals surface area contributed by atoms with Crippen molar-refractivity contribution in [2.24, 2.45) is 7.05 Å². The summed E-state index contributed by atoms with van der Waals surface area (Å²) in [7, 11) is 1.92. The van der Waals surface area contributed by atoms with Crippen molar-refractivity contribution >= 4 is 0 Å². The molecular formula is C19H18N6. The third-order valence-electron chi connectivity index (χ3n) is 3.93. The van der Waals surface area contributed by atoms with Crippen LogP contribution in [-0.4, -0.2) is 24.7 Å². The molecule has 6 heteroatoms. The normalized spacial score (nSPS) is 11.0. The number of rotatable bonds is 4. The van der Waals surface area contributed by atoms with E-state index in [0.717, 1.165) is 29.1 Å². The Balaban J connectivity index is 1.60. The maximum Gasteiger partial charge on any atom is 0.245 e. The van der Waals surface area contributed by atoms with Crippen LogP contribution in [0.3, 0.4) is 0 Å². The van der Waals surface area contributed by atoms with E-state index in [2.05, 4.69) is 50.8 Å². The molecule has 1 aromatic carbocycles.